The molecule has 0 aromatic heterocycles. The molecule has 0 aliphatic heterocycles. The van der Waals surface area contributed by atoms with Gasteiger partial charge in [-0.25, -0.2) is 0 Å². The van der Waals surface area contributed by atoms with Crippen molar-refractivity contribution in [2.45, 2.75) is 72.1 Å². The topological polar surface area (TPSA) is 122 Å². The quantitative estimate of drug-likeness (QED) is 0.435. The molecule has 0 aromatic carbocycles. The minimum absolute atomic E-state index is 0.349. The van der Waals surface area contributed by atoms with Gasteiger partial charge in [-0.1, -0.05) is 45.8 Å². The zero-order valence-corrected chi connectivity index (χ0v) is 18.2. The van der Waals surface area contributed by atoms with E-state index in [0.29, 0.717) is 16.7 Å². The molecule has 27 heavy (non-hydrogen) atoms. The van der Waals surface area contributed by atoms with Crippen molar-refractivity contribution in [2.24, 2.45) is 22.7 Å². The van der Waals surface area contributed by atoms with Crippen molar-refractivity contribution in [1.29, 1.82) is 0 Å². The molecule has 2 aliphatic rings. The molecule has 0 bridgehead atoms. The standard InChI is InChI=1S/C18H34O7P2/c1-17(2)12-8-13-18(3)15(10-7-11-16(17)18)9-5-4-6-14-24-27(22,23)25-26(19,20)21/h4,6,15-16H,5,7-14H2,1-3H3,(H,22,23)(H2,19,20,21)/p-3/b6-4+/t15-,16-,18+/m1/s1. The lowest BCUT2D eigenvalue weighted by atomic mass is 9.48. The molecule has 9 heteroatoms. The van der Waals surface area contributed by atoms with Crippen LogP contribution in [-0.4, -0.2) is 6.61 Å². The SMILES string of the molecule is CC1(C)CCC[C@@]2(C)[C@H](CC/C=C/COP(=O)([O-])OP(=O)([O-])[O-])CCC[C@H]12. The molecule has 0 aromatic rings. The number of fused-ring (bicyclic) bond motifs is 1. The number of phosphoric ester groups is 1. The number of hydrogen-bond acceptors (Lipinski definition) is 7. The first-order valence-electron chi connectivity index (χ1n) is 9.70. The van der Waals surface area contributed by atoms with E-state index in [1.807, 2.05) is 6.08 Å². The highest BCUT2D eigenvalue weighted by Crippen LogP contribution is 2.60. The Morgan fingerprint density at radius 3 is 2.41 bits per heavy atom. The molecular formula is C18H31O7P2-3. The molecule has 2 saturated carbocycles. The molecule has 2 rings (SSSR count). The van der Waals surface area contributed by atoms with Gasteiger partial charge in [0.25, 0.3) is 7.82 Å². The van der Waals surface area contributed by atoms with Crippen molar-refractivity contribution in [2.75, 3.05) is 6.61 Å². The largest absolute Gasteiger partial charge is 0.790 e. The molecule has 1 unspecified atom stereocenters. The van der Waals surface area contributed by atoms with Gasteiger partial charge in [0, 0.05) is 0 Å². The summed E-state index contributed by atoms with van der Waals surface area (Å²) in [5, 5.41) is 0. The lowest BCUT2D eigenvalue weighted by molar-refractivity contribution is -0.339. The van der Waals surface area contributed by atoms with Crippen molar-refractivity contribution >= 4 is 15.6 Å². The summed E-state index contributed by atoms with van der Waals surface area (Å²) in [6, 6.07) is 0. The second kappa shape index (κ2) is 8.79. The van der Waals surface area contributed by atoms with E-state index in [9.17, 15) is 23.8 Å². The third-order valence-corrected chi connectivity index (χ3v) is 8.70. The monoisotopic (exact) mass is 421 g/mol. The fourth-order valence-corrected chi connectivity index (χ4v) is 6.95. The molecule has 2 fully saturated rings. The van der Waals surface area contributed by atoms with Crippen molar-refractivity contribution in [3.05, 3.63) is 12.2 Å². The van der Waals surface area contributed by atoms with Gasteiger partial charge in [-0.15, -0.1) is 0 Å². The van der Waals surface area contributed by atoms with Crippen molar-refractivity contribution in [3.8, 4) is 0 Å². The highest BCUT2D eigenvalue weighted by molar-refractivity contribution is 7.58. The molecule has 7 nitrogen and oxygen atoms in total. The lowest BCUT2D eigenvalue weighted by Crippen LogP contribution is -2.48. The normalized spacial score (nSPS) is 33.6. The summed E-state index contributed by atoms with van der Waals surface area (Å²) in [6.45, 7) is 6.91. The Morgan fingerprint density at radius 1 is 1.04 bits per heavy atom. The fraction of sp³-hybridized carbons (Fsp3) is 0.889. The van der Waals surface area contributed by atoms with Crippen molar-refractivity contribution < 1.29 is 32.6 Å². The molecule has 0 N–H and O–H groups in total. The molecule has 0 radical (unpaired) electrons. The third kappa shape index (κ3) is 6.50. The molecule has 0 amide bonds. The third-order valence-electron chi connectivity index (χ3n) is 6.63. The average Bonchev–Trinajstić information content (AvgIpc) is 2.48. The number of hydrogen-bond donors (Lipinski definition) is 0. The number of phosphoric acid groups is 2. The first-order valence-corrected chi connectivity index (χ1v) is 12.6. The van der Waals surface area contributed by atoms with Gasteiger partial charge < -0.3 is 23.8 Å². The van der Waals surface area contributed by atoms with Crippen molar-refractivity contribution in [1.82, 2.24) is 0 Å². The molecule has 0 saturated heterocycles. The maximum atomic E-state index is 11.2. The van der Waals surface area contributed by atoms with Gasteiger partial charge in [0.15, 0.2) is 0 Å². The zero-order valence-electron chi connectivity index (χ0n) is 16.4. The van der Waals surface area contributed by atoms with E-state index in [-0.39, 0.29) is 6.61 Å². The van der Waals surface area contributed by atoms with Gasteiger partial charge in [-0.05, 0) is 61.2 Å². The highest BCUT2D eigenvalue weighted by Gasteiger charge is 2.51. The number of allylic oxidation sites excluding steroid dienone is 1. The lowest BCUT2D eigenvalue weighted by Gasteiger charge is -2.57. The highest BCUT2D eigenvalue weighted by atomic mass is 31.3. The minimum Gasteiger partial charge on any atom is -0.790 e. The first-order chi connectivity index (χ1) is 12.4. The van der Waals surface area contributed by atoms with E-state index in [1.54, 1.807) is 0 Å². The molecule has 158 valence electrons. The van der Waals surface area contributed by atoms with E-state index in [1.165, 1.54) is 44.6 Å². The van der Waals surface area contributed by atoms with Crippen LogP contribution in [0.25, 0.3) is 0 Å². The van der Waals surface area contributed by atoms with Gasteiger partial charge in [0.05, 0.1) is 14.4 Å². The van der Waals surface area contributed by atoms with Gasteiger partial charge in [-0.2, -0.15) is 0 Å². The first kappa shape index (κ1) is 23.3. The van der Waals surface area contributed by atoms with Crippen LogP contribution < -0.4 is 14.7 Å². The van der Waals surface area contributed by atoms with Crippen LogP contribution in [0.3, 0.4) is 0 Å². The van der Waals surface area contributed by atoms with Crippen LogP contribution in [0.2, 0.25) is 0 Å². The maximum Gasteiger partial charge on any atom is 0.272 e. The summed E-state index contributed by atoms with van der Waals surface area (Å²) in [6.07, 6.45) is 12.9. The average molecular weight is 421 g/mol. The summed E-state index contributed by atoms with van der Waals surface area (Å²) in [5.74, 6) is 1.41. The van der Waals surface area contributed by atoms with Gasteiger partial charge in [0.2, 0.25) is 0 Å². The van der Waals surface area contributed by atoms with Gasteiger partial charge in [-0.3, -0.25) is 8.88 Å². The minimum atomic E-state index is -5.62. The van der Waals surface area contributed by atoms with Crippen molar-refractivity contribution in [3.63, 3.8) is 0 Å². The Labute approximate surface area is 162 Å². The summed E-state index contributed by atoms with van der Waals surface area (Å²) < 4.78 is 29.2. The Morgan fingerprint density at radius 2 is 1.74 bits per heavy atom. The summed E-state index contributed by atoms with van der Waals surface area (Å²) in [5.41, 5.74) is 0.763. The Hall–Kier alpha value is -0.0000000000000000416. The predicted octanol–water partition coefficient (Wildman–Crippen LogP) is 3.29. The van der Waals surface area contributed by atoms with Crippen LogP contribution >= 0.6 is 15.6 Å². The van der Waals surface area contributed by atoms with E-state index in [2.05, 4.69) is 29.6 Å². The van der Waals surface area contributed by atoms with Gasteiger partial charge in [0.1, 0.15) is 0 Å². The van der Waals surface area contributed by atoms with E-state index < -0.39 is 15.6 Å². The van der Waals surface area contributed by atoms with Crippen LogP contribution in [-0.2, 0) is 18.0 Å². The zero-order chi connectivity index (χ0) is 20.3. The second-order valence-corrected chi connectivity index (χ2v) is 11.5. The summed E-state index contributed by atoms with van der Waals surface area (Å²) >= 11 is 0. The molecular weight excluding hydrogens is 390 g/mol. The molecule has 2 aliphatic carbocycles. The summed E-state index contributed by atoms with van der Waals surface area (Å²) in [7, 11) is -10.7. The Kier molecular flexibility index (Phi) is 7.58. The van der Waals surface area contributed by atoms with Crippen LogP contribution in [0.5, 0.6) is 0 Å². The second-order valence-electron chi connectivity index (χ2n) is 8.85. The predicted molar refractivity (Wildman–Crippen MR) is 97.2 cm³/mol. The Bertz CT molecular complexity index is 627. The van der Waals surface area contributed by atoms with E-state index in [0.717, 1.165) is 18.8 Å². The molecule has 0 heterocycles. The van der Waals surface area contributed by atoms with Crippen LogP contribution in [0, 0.1) is 22.7 Å². The molecule has 0 spiro atoms. The number of rotatable bonds is 8. The smallest absolute Gasteiger partial charge is 0.272 e. The Balaban J connectivity index is 1.82. The maximum absolute atomic E-state index is 11.2. The van der Waals surface area contributed by atoms with E-state index in [4.69, 9.17) is 0 Å². The van der Waals surface area contributed by atoms with Gasteiger partial charge >= 0.3 is 0 Å². The van der Waals surface area contributed by atoms with E-state index >= 15 is 0 Å². The fourth-order valence-electron chi connectivity index (χ4n) is 5.51. The van der Waals surface area contributed by atoms with Crippen LogP contribution in [0.1, 0.15) is 72.1 Å². The van der Waals surface area contributed by atoms with Crippen LogP contribution in [0.15, 0.2) is 12.2 Å². The summed E-state index contributed by atoms with van der Waals surface area (Å²) in [4.78, 5) is 31.8. The van der Waals surface area contributed by atoms with Crippen LogP contribution in [0.4, 0.5) is 0 Å². The molecule has 4 atom stereocenters.